The molecule has 3 rings (SSSR count). The molecule has 0 bridgehead atoms. The molecule has 3 aromatic rings. The van der Waals surface area contributed by atoms with Crippen LogP contribution in [0.1, 0.15) is 31.4 Å². The molecule has 0 spiro atoms. The Morgan fingerprint density at radius 2 is 1.92 bits per heavy atom. The van der Waals surface area contributed by atoms with Crippen molar-refractivity contribution in [3.05, 3.63) is 75.5 Å². The van der Waals surface area contributed by atoms with Crippen molar-refractivity contribution >= 4 is 39.8 Å². The summed E-state index contributed by atoms with van der Waals surface area (Å²) in [6.07, 6.45) is 2.16. The Morgan fingerprint density at radius 1 is 1.15 bits per heavy atom. The van der Waals surface area contributed by atoms with Crippen molar-refractivity contribution in [2.45, 2.75) is 13.3 Å². The fraction of sp³-hybridized carbons (Fsp3) is 0.158. The second-order valence-electron chi connectivity index (χ2n) is 5.69. The van der Waals surface area contributed by atoms with E-state index in [0.29, 0.717) is 21.4 Å². The van der Waals surface area contributed by atoms with Crippen LogP contribution in [-0.2, 0) is 6.42 Å². The van der Waals surface area contributed by atoms with Gasteiger partial charge in [0, 0.05) is 11.6 Å². The fourth-order valence-electron chi connectivity index (χ4n) is 2.40. The SMILES string of the molecule is Cc1cc(NC(=O)c2ccco2)sc1C(=O)NCCc1ccc(Cl)cc1. The van der Waals surface area contributed by atoms with Gasteiger partial charge in [0.2, 0.25) is 0 Å². The van der Waals surface area contributed by atoms with Crippen LogP contribution in [0, 0.1) is 6.92 Å². The molecule has 0 aliphatic rings. The van der Waals surface area contributed by atoms with Gasteiger partial charge in [0.25, 0.3) is 11.8 Å². The van der Waals surface area contributed by atoms with Crippen LogP contribution in [0.5, 0.6) is 0 Å². The van der Waals surface area contributed by atoms with E-state index in [1.54, 1.807) is 18.2 Å². The van der Waals surface area contributed by atoms with Crippen LogP contribution in [0.15, 0.2) is 53.1 Å². The van der Waals surface area contributed by atoms with E-state index in [0.717, 1.165) is 17.5 Å². The third-order valence-corrected chi connectivity index (χ3v) is 5.12. The van der Waals surface area contributed by atoms with Crippen molar-refractivity contribution in [1.82, 2.24) is 5.32 Å². The number of thiophene rings is 1. The number of nitrogens with one attached hydrogen (secondary N) is 2. The molecule has 2 aromatic heterocycles. The minimum atomic E-state index is -0.342. The first-order valence-electron chi connectivity index (χ1n) is 8.01. The lowest BCUT2D eigenvalue weighted by Crippen LogP contribution is -2.25. The highest BCUT2D eigenvalue weighted by Gasteiger charge is 2.16. The molecule has 0 saturated heterocycles. The maximum Gasteiger partial charge on any atom is 0.291 e. The topological polar surface area (TPSA) is 71.3 Å². The van der Waals surface area contributed by atoms with Gasteiger partial charge in [0.05, 0.1) is 16.1 Å². The normalized spacial score (nSPS) is 10.5. The van der Waals surface area contributed by atoms with Crippen LogP contribution in [0.3, 0.4) is 0 Å². The largest absolute Gasteiger partial charge is 0.459 e. The molecule has 5 nitrogen and oxygen atoms in total. The Bertz CT molecular complexity index is 902. The van der Waals surface area contributed by atoms with Gasteiger partial charge >= 0.3 is 0 Å². The molecule has 2 amide bonds. The van der Waals surface area contributed by atoms with Crippen LogP contribution in [0.25, 0.3) is 0 Å². The number of aryl methyl sites for hydroxylation is 1. The van der Waals surface area contributed by atoms with Gasteiger partial charge in [-0.05, 0) is 54.8 Å². The smallest absolute Gasteiger partial charge is 0.291 e. The Morgan fingerprint density at radius 3 is 2.62 bits per heavy atom. The molecule has 134 valence electrons. The summed E-state index contributed by atoms with van der Waals surface area (Å²) in [5, 5.41) is 6.94. The number of halogens is 1. The highest BCUT2D eigenvalue weighted by Crippen LogP contribution is 2.27. The molecule has 0 unspecified atom stereocenters. The monoisotopic (exact) mass is 388 g/mol. The summed E-state index contributed by atoms with van der Waals surface area (Å²) in [6.45, 7) is 2.36. The van der Waals surface area contributed by atoms with Gasteiger partial charge in [-0.25, -0.2) is 0 Å². The molecular formula is C19H17ClN2O3S. The number of benzene rings is 1. The predicted octanol–water partition coefficient (Wildman–Crippen LogP) is 4.53. The molecular weight excluding hydrogens is 372 g/mol. The zero-order chi connectivity index (χ0) is 18.5. The lowest BCUT2D eigenvalue weighted by molar-refractivity contribution is 0.0956. The lowest BCUT2D eigenvalue weighted by Gasteiger charge is -2.05. The highest BCUT2D eigenvalue weighted by molar-refractivity contribution is 7.18. The van der Waals surface area contributed by atoms with Crippen molar-refractivity contribution in [3.8, 4) is 0 Å². The number of amides is 2. The lowest BCUT2D eigenvalue weighted by atomic mass is 10.1. The van der Waals surface area contributed by atoms with E-state index >= 15 is 0 Å². The Hall–Kier alpha value is -2.57. The third-order valence-electron chi connectivity index (χ3n) is 3.72. The number of anilines is 1. The van der Waals surface area contributed by atoms with Crippen molar-refractivity contribution in [2.75, 3.05) is 11.9 Å². The fourth-order valence-corrected chi connectivity index (χ4v) is 3.51. The summed E-state index contributed by atoms with van der Waals surface area (Å²) in [7, 11) is 0. The first kappa shape index (κ1) is 18.2. The number of furan rings is 1. The number of hydrogen-bond donors (Lipinski definition) is 2. The van der Waals surface area contributed by atoms with E-state index in [-0.39, 0.29) is 17.6 Å². The van der Waals surface area contributed by atoms with Crippen LogP contribution in [-0.4, -0.2) is 18.4 Å². The average molecular weight is 389 g/mol. The van der Waals surface area contributed by atoms with Gasteiger partial charge in [-0.15, -0.1) is 11.3 Å². The predicted molar refractivity (Wildman–Crippen MR) is 103 cm³/mol. The second-order valence-corrected chi connectivity index (χ2v) is 7.18. The summed E-state index contributed by atoms with van der Waals surface area (Å²) >= 11 is 7.10. The van der Waals surface area contributed by atoms with Crippen LogP contribution < -0.4 is 10.6 Å². The molecule has 1 aromatic carbocycles. The minimum Gasteiger partial charge on any atom is -0.459 e. The third kappa shape index (κ3) is 4.53. The molecule has 0 atom stereocenters. The average Bonchev–Trinajstić information content (AvgIpc) is 3.26. The summed E-state index contributed by atoms with van der Waals surface area (Å²) in [4.78, 5) is 25.0. The summed E-state index contributed by atoms with van der Waals surface area (Å²) in [5.41, 5.74) is 1.91. The van der Waals surface area contributed by atoms with E-state index < -0.39 is 0 Å². The standard InChI is InChI=1S/C19H17ClN2O3S/c1-12-11-16(22-18(23)15-3-2-10-25-15)26-17(12)19(24)21-9-8-13-4-6-14(20)7-5-13/h2-7,10-11H,8-9H2,1H3,(H,21,24)(H,22,23). The molecule has 0 aliphatic carbocycles. The summed E-state index contributed by atoms with van der Waals surface area (Å²) < 4.78 is 5.06. The molecule has 0 fully saturated rings. The molecule has 7 heteroatoms. The van der Waals surface area contributed by atoms with E-state index in [9.17, 15) is 9.59 Å². The van der Waals surface area contributed by atoms with E-state index in [4.69, 9.17) is 16.0 Å². The highest BCUT2D eigenvalue weighted by atomic mass is 35.5. The van der Waals surface area contributed by atoms with E-state index in [1.807, 2.05) is 31.2 Å². The number of carbonyl (C=O) groups is 2. The van der Waals surface area contributed by atoms with Gasteiger partial charge in [-0.2, -0.15) is 0 Å². The first-order valence-corrected chi connectivity index (χ1v) is 9.20. The second kappa shape index (κ2) is 8.21. The molecule has 0 saturated carbocycles. The Labute approximate surface area is 160 Å². The molecule has 26 heavy (non-hydrogen) atoms. The first-order chi connectivity index (χ1) is 12.5. The van der Waals surface area contributed by atoms with Gasteiger partial charge in [-0.3, -0.25) is 9.59 Å². The Balaban J connectivity index is 1.56. The molecule has 2 heterocycles. The van der Waals surface area contributed by atoms with Crippen molar-refractivity contribution in [3.63, 3.8) is 0 Å². The van der Waals surface area contributed by atoms with Crippen LogP contribution in [0.2, 0.25) is 5.02 Å². The minimum absolute atomic E-state index is 0.153. The Kier molecular flexibility index (Phi) is 5.75. The number of carbonyl (C=O) groups excluding carboxylic acids is 2. The van der Waals surface area contributed by atoms with Crippen LogP contribution in [0.4, 0.5) is 5.00 Å². The molecule has 2 N–H and O–H groups in total. The van der Waals surface area contributed by atoms with E-state index in [1.165, 1.54) is 17.6 Å². The van der Waals surface area contributed by atoms with Gasteiger partial charge in [-0.1, -0.05) is 23.7 Å². The summed E-state index contributed by atoms with van der Waals surface area (Å²) in [6, 6.07) is 12.5. The molecule has 0 aliphatic heterocycles. The maximum atomic E-state index is 12.4. The zero-order valence-electron chi connectivity index (χ0n) is 14.0. The van der Waals surface area contributed by atoms with Gasteiger partial charge < -0.3 is 15.1 Å². The zero-order valence-corrected chi connectivity index (χ0v) is 15.6. The van der Waals surface area contributed by atoms with Gasteiger partial charge in [0.1, 0.15) is 0 Å². The quantitative estimate of drug-likeness (QED) is 0.651. The van der Waals surface area contributed by atoms with Crippen molar-refractivity contribution < 1.29 is 14.0 Å². The van der Waals surface area contributed by atoms with Gasteiger partial charge in [0.15, 0.2) is 5.76 Å². The number of rotatable bonds is 6. The number of hydrogen-bond acceptors (Lipinski definition) is 4. The maximum absolute atomic E-state index is 12.4. The molecule has 0 radical (unpaired) electrons. The summed E-state index contributed by atoms with van der Waals surface area (Å²) in [5.74, 6) is -0.268. The van der Waals surface area contributed by atoms with E-state index in [2.05, 4.69) is 10.6 Å². The van der Waals surface area contributed by atoms with Crippen molar-refractivity contribution in [1.29, 1.82) is 0 Å². The van der Waals surface area contributed by atoms with Crippen molar-refractivity contribution in [2.24, 2.45) is 0 Å². The van der Waals surface area contributed by atoms with Crippen LogP contribution >= 0.6 is 22.9 Å².